The molecule has 17 heavy (non-hydrogen) atoms. The molecule has 1 saturated heterocycles. The summed E-state index contributed by atoms with van der Waals surface area (Å²) in [7, 11) is 0. The number of rotatable bonds is 4. The van der Waals surface area contributed by atoms with Gasteiger partial charge in [0.25, 0.3) is 0 Å². The van der Waals surface area contributed by atoms with Crippen molar-refractivity contribution in [3.63, 3.8) is 0 Å². The highest BCUT2D eigenvalue weighted by molar-refractivity contribution is 14.1. The Hall–Kier alpha value is -0.390. The van der Waals surface area contributed by atoms with Gasteiger partial charge in [0, 0.05) is 35.8 Å². The van der Waals surface area contributed by atoms with Gasteiger partial charge in [-0.3, -0.25) is 4.90 Å². The van der Waals surface area contributed by atoms with E-state index in [2.05, 4.69) is 63.7 Å². The average Bonchev–Trinajstić information content (AvgIpc) is 2.38. The van der Waals surface area contributed by atoms with Crippen molar-refractivity contribution in [3.05, 3.63) is 46.1 Å². The third-order valence-electron chi connectivity index (χ3n) is 3.25. The zero-order valence-corrected chi connectivity index (χ0v) is 12.2. The molecule has 1 heterocycles. The average molecular weight is 342 g/mol. The molecule has 1 aromatic rings. The van der Waals surface area contributed by atoms with Crippen LogP contribution in [0.1, 0.15) is 18.0 Å². The van der Waals surface area contributed by atoms with E-state index in [0.717, 1.165) is 32.6 Å². The topological polar surface area (TPSA) is 15.3 Å². The highest BCUT2D eigenvalue weighted by Gasteiger charge is 2.22. The molecule has 0 radical (unpaired) electrons. The summed E-state index contributed by atoms with van der Waals surface area (Å²) in [6.07, 6.45) is 3.07. The molecule has 0 aliphatic carbocycles. The van der Waals surface area contributed by atoms with Crippen LogP contribution in [-0.2, 0) is 0 Å². The Bertz CT molecular complexity index is 372. The Balaban J connectivity index is 2.21. The summed E-state index contributed by atoms with van der Waals surface area (Å²) in [6.45, 7) is 8.35. The number of piperazine rings is 1. The van der Waals surface area contributed by atoms with Crippen LogP contribution >= 0.6 is 22.6 Å². The first kappa shape index (κ1) is 13.1. The molecular weight excluding hydrogens is 323 g/mol. The molecule has 1 N–H and O–H groups in total. The molecule has 0 amide bonds. The second-order valence-corrected chi connectivity index (χ2v) is 5.51. The van der Waals surface area contributed by atoms with E-state index in [1.54, 1.807) is 0 Å². The van der Waals surface area contributed by atoms with Crippen LogP contribution in [-0.4, -0.2) is 31.1 Å². The monoisotopic (exact) mass is 342 g/mol. The van der Waals surface area contributed by atoms with E-state index in [1.165, 1.54) is 9.13 Å². The van der Waals surface area contributed by atoms with Gasteiger partial charge in [0.15, 0.2) is 0 Å². The summed E-state index contributed by atoms with van der Waals surface area (Å²) in [4.78, 5) is 2.57. The second-order valence-electron chi connectivity index (χ2n) is 4.35. The van der Waals surface area contributed by atoms with E-state index in [0.29, 0.717) is 6.04 Å². The summed E-state index contributed by atoms with van der Waals surface area (Å²) < 4.78 is 1.36. The van der Waals surface area contributed by atoms with Crippen molar-refractivity contribution in [2.45, 2.75) is 12.5 Å². The highest BCUT2D eigenvalue weighted by Crippen LogP contribution is 2.28. The van der Waals surface area contributed by atoms with Gasteiger partial charge in [0.1, 0.15) is 0 Å². The van der Waals surface area contributed by atoms with Gasteiger partial charge in [-0.25, -0.2) is 0 Å². The summed E-state index contributed by atoms with van der Waals surface area (Å²) >= 11 is 2.43. The Kier molecular flexibility index (Phi) is 5.00. The van der Waals surface area contributed by atoms with Crippen LogP contribution in [0.15, 0.2) is 36.9 Å². The fraction of sp³-hybridized carbons (Fsp3) is 0.429. The summed E-state index contributed by atoms with van der Waals surface area (Å²) in [5, 5.41) is 3.41. The molecular formula is C14H19IN2. The van der Waals surface area contributed by atoms with Crippen molar-refractivity contribution in [3.8, 4) is 0 Å². The van der Waals surface area contributed by atoms with Gasteiger partial charge in [-0.1, -0.05) is 24.3 Å². The van der Waals surface area contributed by atoms with Gasteiger partial charge in [-0.2, -0.15) is 0 Å². The molecule has 0 bridgehead atoms. The number of hydrogen-bond acceptors (Lipinski definition) is 2. The van der Waals surface area contributed by atoms with Gasteiger partial charge in [-0.15, -0.1) is 6.58 Å². The van der Waals surface area contributed by atoms with Crippen LogP contribution in [0.2, 0.25) is 0 Å². The number of hydrogen-bond donors (Lipinski definition) is 1. The van der Waals surface area contributed by atoms with Crippen LogP contribution in [0.25, 0.3) is 0 Å². The molecule has 0 aromatic heterocycles. The van der Waals surface area contributed by atoms with Gasteiger partial charge < -0.3 is 5.32 Å². The lowest BCUT2D eigenvalue weighted by Gasteiger charge is -2.35. The number of halogens is 1. The van der Waals surface area contributed by atoms with E-state index in [1.807, 2.05) is 6.08 Å². The molecule has 1 aliphatic heterocycles. The molecule has 1 fully saturated rings. The molecule has 0 spiro atoms. The molecule has 92 valence electrons. The number of benzene rings is 1. The Morgan fingerprint density at radius 2 is 2.06 bits per heavy atom. The number of nitrogens with one attached hydrogen (secondary N) is 1. The highest BCUT2D eigenvalue weighted by atomic mass is 127. The molecule has 2 nitrogen and oxygen atoms in total. The summed E-state index contributed by atoms with van der Waals surface area (Å²) in [5.41, 5.74) is 1.44. The molecule has 1 atom stereocenters. The number of nitrogens with zero attached hydrogens (tertiary/aromatic N) is 1. The third-order valence-corrected chi connectivity index (χ3v) is 4.23. The van der Waals surface area contributed by atoms with Crippen molar-refractivity contribution in [1.29, 1.82) is 0 Å². The van der Waals surface area contributed by atoms with Crippen LogP contribution < -0.4 is 5.32 Å². The lowest BCUT2D eigenvalue weighted by Crippen LogP contribution is -2.45. The first-order valence-corrected chi connectivity index (χ1v) is 7.21. The van der Waals surface area contributed by atoms with Gasteiger partial charge >= 0.3 is 0 Å². The molecule has 1 aromatic carbocycles. The normalized spacial score (nSPS) is 18.9. The predicted octanol–water partition coefficient (Wildman–Crippen LogP) is 2.81. The van der Waals surface area contributed by atoms with E-state index in [9.17, 15) is 0 Å². The molecule has 0 unspecified atom stereocenters. The minimum atomic E-state index is 0.489. The zero-order valence-electron chi connectivity index (χ0n) is 10.0. The van der Waals surface area contributed by atoms with Gasteiger partial charge in [-0.05, 0) is 40.6 Å². The largest absolute Gasteiger partial charge is 0.314 e. The minimum absolute atomic E-state index is 0.489. The van der Waals surface area contributed by atoms with Crippen molar-refractivity contribution < 1.29 is 0 Å². The lowest BCUT2D eigenvalue weighted by atomic mass is 10.0. The van der Waals surface area contributed by atoms with Gasteiger partial charge in [0.05, 0.1) is 0 Å². The van der Waals surface area contributed by atoms with Crippen LogP contribution in [0.5, 0.6) is 0 Å². The standard InChI is InChI=1S/C14H19IN2/c1-2-5-14(17-10-8-16-9-11-17)12-6-3-4-7-13(12)15/h2-4,6-7,14,16H,1,5,8-11H2/t14-/m0/s1. The smallest absolute Gasteiger partial charge is 0.0393 e. The van der Waals surface area contributed by atoms with Crippen molar-refractivity contribution in [2.24, 2.45) is 0 Å². The first-order valence-electron chi connectivity index (χ1n) is 6.13. The Morgan fingerprint density at radius 3 is 2.71 bits per heavy atom. The van der Waals surface area contributed by atoms with Gasteiger partial charge in [0.2, 0.25) is 0 Å². The second kappa shape index (κ2) is 6.52. The predicted molar refractivity (Wildman–Crippen MR) is 81.2 cm³/mol. The van der Waals surface area contributed by atoms with Crippen LogP contribution in [0.4, 0.5) is 0 Å². The van der Waals surface area contributed by atoms with Crippen molar-refractivity contribution in [1.82, 2.24) is 10.2 Å². The third kappa shape index (κ3) is 3.30. The maximum absolute atomic E-state index is 3.91. The molecule has 3 heteroatoms. The molecule has 0 saturated carbocycles. The first-order chi connectivity index (χ1) is 8.33. The zero-order chi connectivity index (χ0) is 12.1. The maximum atomic E-state index is 3.91. The summed E-state index contributed by atoms with van der Waals surface area (Å²) in [5.74, 6) is 0. The fourth-order valence-corrected chi connectivity index (χ4v) is 3.12. The molecule has 1 aliphatic rings. The Labute approximate surface area is 117 Å². The quantitative estimate of drug-likeness (QED) is 0.669. The lowest BCUT2D eigenvalue weighted by molar-refractivity contribution is 0.174. The minimum Gasteiger partial charge on any atom is -0.314 e. The van der Waals surface area contributed by atoms with E-state index < -0.39 is 0 Å². The van der Waals surface area contributed by atoms with Crippen molar-refractivity contribution in [2.75, 3.05) is 26.2 Å². The Morgan fingerprint density at radius 1 is 1.35 bits per heavy atom. The maximum Gasteiger partial charge on any atom is 0.0393 e. The van der Waals surface area contributed by atoms with E-state index in [4.69, 9.17) is 0 Å². The van der Waals surface area contributed by atoms with Crippen LogP contribution in [0, 0.1) is 3.57 Å². The van der Waals surface area contributed by atoms with E-state index >= 15 is 0 Å². The summed E-state index contributed by atoms with van der Waals surface area (Å²) in [6, 6.07) is 9.17. The fourth-order valence-electron chi connectivity index (χ4n) is 2.37. The van der Waals surface area contributed by atoms with E-state index in [-0.39, 0.29) is 0 Å². The molecule has 2 rings (SSSR count). The van der Waals surface area contributed by atoms with Crippen molar-refractivity contribution >= 4 is 22.6 Å². The van der Waals surface area contributed by atoms with Crippen LogP contribution in [0.3, 0.4) is 0 Å². The SMILES string of the molecule is C=CC[C@@H](c1ccccc1I)N1CCNCC1.